The Kier molecular flexibility index (Phi) is 7.02. The molecule has 1 heterocycles. The van der Waals surface area contributed by atoms with Gasteiger partial charge < -0.3 is 14.8 Å². The summed E-state index contributed by atoms with van der Waals surface area (Å²) in [5, 5.41) is 2.72. The molecule has 172 valence electrons. The Bertz CT molecular complexity index is 1180. The summed E-state index contributed by atoms with van der Waals surface area (Å²) in [6.07, 6.45) is -1.00. The number of hydrogen-bond acceptors (Lipinski definition) is 5. The van der Waals surface area contributed by atoms with E-state index in [4.69, 9.17) is 9.47 Å². The van der Waals surface area contributed by atoms with E-state index in [0.717, 1.165) is 0 Å². The smallest absolute Gasteiger partial charge is 0.270 e. The zero-order valence-corrected chi connectivity index (χ0v) is 18.5. The third kappa shape index (κ3) is 5.57. The van der Waals surface area contributed by atoms with E-state index in [2.05, 4.69) is 5.32 Å². The molecule has 3 aromatic rings. The molecule has 33 heavy (non-hydrogen) atoms. The summed E-state index contributed by atoms with van der Waals surface area (Å²) in [6, 6.07) is 20.3. The van der Waals surface area contributed by atoms with E-state index in [1.807, 2.05) is 6.07 Å². The highest BCUT2D eigenvalue weighted by Gasteiger charge is 2.27. The number of hydrogen-bond donors (Lipinski definition) is 1. The molecule has 1 atom stereocenters. The van der Waals surface area contributed by atoms with Crippen LogP contribution in [0.5, 0.6) is 5.75 Å². The number of nitrogens with one attached hydrogen (secondary N) is 1. The Morgan fingerprint density at radius 2 is 1.58 bits per heavy atom. The van der Waals surface area contributed by atoms with E-state index < -0.39 is 27.9 Å². The normalized spacial score (nSPS) is 15.5. The first-order chi connectivity index (χ1) is 15.9. The molecule has 3 aromatic carbocycles. The van der Waals surface area contributed by atoms with Gasteiger partial charge in [0.1, 0.15) is 11.6 Å². The third-order valence-electron chi connectivity index (χ3n) is 5.14. The lowest BCUT2D eigenvalue weighted by Gasteiger charge is -2.26. The van der Waals surface area contributed by atoms with Gasteiger partial charge in [-0.1, -0.05) is 30.3 Å². The van der Waals surface area contributed by atoms with Crippen LogP contribution in [-0.2, 0) is 19.6 Å². The number of benzene rings is 3. The number of anilines is 1. The molecule has 1 aliphatic heterocycles. The van der Waals surface area contributed by atoms with Crippen molar-refractivity contribution >= 4 is 21.6 Å². The van der Waals surface area contributed by atoms with Gasteiger partial charge in [-0.3, -0.25) is 4.79 Å². The van der Waals surface area contributed by atoms with Crippen molar-refractivity contribution in [1.29, 1.82) is 0 Å². The standard InChI is InChI=1S/C24H23FN2O5S/c25-19-6-8-20(9-7-19)26-24(28)23(18-4-2-1-3-5-18)32-21-10-12-22(13-11-21)33(29,30)27-14-16-31-17-15-27/h1-13,23H,14-17H2,(H,26,28). The highest BCUT2D eigenvalue weighted by Crippen LogP contribution is 2.26. The van der Waals surface area contributed by atoms with Gasteiger partial charge in [0.15, 0.2) is 0 Å². The highest BCUT2D eigenvalue weighted by atomic mass is 32.2. The average Bonchev–Trinajstić information content (AvgIpc) is 2.85. The van der Waals surface area contributed by atoms with Crippen LogP contribution < -0.4 is 10.1 Å². The van der Waals surface area contributed by atoms with Gasteiger partial charge in [0.2, 0.25) is 16.1 Å². The molecule has 1 fully saturated rings. The van der Waals surface area contributed by atoms with Gasteiger partial charge in [0.05, 0.1) is 18.1 Å². The minimum Gasteiger partial charge on any atom is -0.476 e. The Balaban J connectivity index is 1.53. The Morgan fingerprint density at radius 1 is 0.939 bits per heavy atom. The summed E-state index contributed by atoms with van der Waals surface area (Å²) in [5.41, 5.74) is 1.04. The van der Waals surface area contributed by atoms with E-state index >= 15 is 0 Å². The maximum atomic E-state index is 13.2. The monoisotopic (exact) mass is 470 g/mol. The number of carbonyl (C=O) groups excluding carboxylic acids is 1. The SMILES string of the molecule is O=C(Nc1ccc(F)cc1)C(Oc1ccc(S(=O)(=O)N2CCOCC2)cc1)c1ccccc1. The molecule has 4 rings (SSSR count). The molecule has 0 aliphatic carbocycles. The van der Waals surface area contributed by atoms with Crippen LogP contribution in [-0.4, -0.2) is 44.9 Å². The molecule has 0 saturated carbocycles. The lowest BCUT2D eigenvalue weighted by molar-refractivity contribution is -0.123. The van der Waals surface area contributed by atoms with Gasteiger partial charge >= 0.3 is 0 Å². The fourth-order valence-electron chi connectivity index (χ4n) is 3.40. The Hall–Kier alpha value is -3.27. The summed E-state index contributed by atoms with van der Waals surface area (Å²) < 4.78 is 51.4. The molecule has 0 radical (unpaired) electrons. The van der Waals surface area contributed by atoms with Gasteiger partial charge in [-0.05, 0) is 48.5 Å². The lowest BCUT2D eigenvalue weighted by Crippen LogP contribution is -2.40. The van der Waals surface area contributed by atoms with Crippen molar-refractivity contribution in [1.82, 2.24) is 4.31 Å². The molecule has 1 N–H and O–H groups in total. The van der Waals surface area contributed by atoms with Crippen LogP contribution in [0, 0.1) is 5.82 Å². The van der Waals surface area contributed by atoms with Gasteiger partial charge in [0, 0.05) is 24.3 Å². The molecule has 0 aromatic heterocycles. The first-order valence-corrected chi connectivity index (χ1v) is 11.8. The van der Waals surface area contributed by atoms with Crippen LogP contribution in [0.25, 0.3) is 0 Å². The molecule has 1 amide bonds. The molecular weight excluding hydrogens is 447 g/mol. The maximum Gasteiger partial charge on any atom is 0.270 e. The summed E-state index contributed by atoms with van der Waals surface area (Å²) in [4.78, 5) is 13.1. The first kappa shape index (κ1) is 22.9. The number of rotatable bonds is 7. The predicted octanol–water partition coefficient (Wildman–Crippen LogP) is 3.61. The van der Waals surface area contributed by atoms with Crippen molar-refractivity contribution in [2.75, 3.05) is 31.6 Å². The molecular formula is C24H23FN2O5S. The zero-order chi connectivity index (χ0) is 23.3. The van der Waals surface area contributed by atoms with Crippen LogP contribution in [0.15, 0.2) is 83.8 Å². The van der Waals surface area contributed by atoms with Gasteiger partial charge in [0.25, 0.3) is 5.91 Å². The van der Waals surface area contributed by atoms with E-state index in [9.17, 15) is 17.6 Å². The second-order valence-electron chi connectivity index (χ2n) is 7.39. The van der Waals surface area contributed by atoms with Crippen LogP contribution in [0.3, 0.4) is 0 Å². The Morgan fingerprint density at radius 3 is 2.21 bits per heavy atom. The number of sulfonamides is 1. The van der Waals surface area contributed by atoms with Crippen LogP contribution >= 0.6 is 0 Å². The van der Waals surface area contributed by atoms with Crippen LogP contribution in [0.1, 0.15) is 11.7 Å². The second kappa shape index (κ2) is 10.1. The van der Waals surface area contributed by atoms with Crippen molar-refractivity contribution in [3.05, 3.63) is 90.2 Å². The molecule has 1 saturated heterocycles. The number of amides is 1. The molecule has 1 unspecified atom stereocenters. The minimum atomic E-state index is -3.63. The van der Waals surface area contributed by atoms with Crippen molar-refractivity contribution in [2.45, 2.75) is 11.0 Å². The highest BCUT2D eigenvalue weighted by molar-refractivity contribution is 7.89. The number of halogens is 1. The molecule has 9 heteroatoms. The summed E-state index contributed by atoms with van der Waals surface area (Å²) in [6.45, 7) is 1.34. The molecule has 1 aliphatic rings. The average molecular weight is 471 g/mol. The van der Waals surface area contributed by atoms with Gasteiger partial charge in [-0.2, -0.15) is 4.31 Å². The first-order valence-electron chi connectivity index (χ1n) is 10.4. The minimum absolute atomic E-state index is 0.142. The van der Waals surface area contributed by atoms with Crippen molar-refractivity contribution in [3.63, 3.8) is 0 Å². The summed E-state index contributed by atoms with van der Waals surface area (Å²) in [7, 11) is -3.63. The number of morpholine rings is 1. The topological polar surface area (TPSA) is 84.9 Å². The molecule has 0 spiro atoms. The van der Waals surface area contributed by atoms with Gasteiger partial charge in [-0.15, -0.1) is 0 Å². The largest absolute Gasteiger partial charge is 0.476 e. The van der Waals surface area contributed by atoms with E-state index in [1.165, 1.54) is 52.8 Å². The number of nitrogens with zero attached hydrogens (tertiary/aromatic N) is 1. The van der Waals surface area contributed by atoms with E-state index in [-0.39, 0.29) is 4.90 Å². The van der Waals surface area contributed by atoms with Gasteiger partial charge in [-0.25, -0.2) is 12.8 Å². The quantitative estimate of drug-likeness (QED) is 0.570. The lowest BCUT2D eigenvalue weighted by atomic mass is 10.1. The summed E-state index contributed by atoms with van der Waals surface area (Å²) in [5.74, 6) is -0.521. The number of carbonyl (C=O) groups is 1. The molecule has 0 bridgehead atoms. The Labute approximate surface area is 191 Å². The van der Waals surface area contributed by atoms with Crippen molar-refractivity contribution in [3.8, 4) is 5.75 Å². The zero-order valence-electron chi connectivity index (χ0n) is 17.7. The third-order valence-corrected chi connectivity index (χ3v) is 7.05. The van der Waals surface area contributed by atoms with E-state index in [0.29, 0.717) is 43.3 Å². The molecule has 7 nitrogen and oxygen atoms in total. The fourth-order valence-corrected chi connectivity index (χ4v) is 4.81. The van der Waals surface area contributed by atoms with Crippen LogP contribution in [0.2, 0.25) is 0 Å². The predicted molar refractivity (Wildman–Crippen MR) is 121 cm³/mol. The van der Waals surface area contributed by atoms with Crippen molar-refractivity contribution in [2.24, 2.45) is 0 Å². The number of ether oxygens (including phenoxy) is 2. The van der Waals surface area contributed by atoms with E-state index in [1.54, 1.807) is 24.3 Å². The summed E-state index contributed by atoms with van der Waals surface area (Å²) >= 11 is 0. The fraction of sp³-hybridized carbons (Fsp3) is 0.208. The van der Waals surface area contributed by atoms with Crippen molar-refractivity contribution < 1.29 is 27.1 Å². The maximum absolute atomic E-state index is 13.2. The second-order valence-corrected chi connectivity index (χ2v) is 9.33. The van der Waals surface area contributed by atoms with Crippen LogP contribution in [0.4, 0.5) is 10.1 Å².